The van der Waals surface area contributed by atoms with Crippen LogP contribution in [0.15, 0.2) is 66.7 Å². The molecule has 0 aliphatic carbocycles. The molecule has 3 aromatic carbocycles. The second-order valence-corrected chi connectivity index (χ2v) is 9.43. The molecule has 0 N–H and O–H groups in total. The summed E-state index contributed by atoms with van der Waals surface area (Å²) in [4.78, 5) is 20.0. The van der Waals surface area contributed by atoms with E-state index in [1.165, 1.54) is 16.7 Å². The van der Waals surface area contributed by atoms with Gasteiger partial charge < -0.3 is 14.2 Å². The van der Waals surface area contributed by atoms with Gasteiger partial charge in [0.25, 0.3) is 0 Å². The zero-order chi connectivity index (χ0) is 24.4. The van der Waals surface area contributed by atoms with Crippen molar-refractivity contribution in [2.75, 3.05) is 18.1 Å². The third-order valence-corrected chi connectivity index (χ3v) is 7.17. The number of hydrogen-bond donors (Lipinski definition) is 0. The molecule has 5 heteroatoms. The molecule has 0 radical (unpaired) electrons. The highest BCUT2D eigenvalue weighted by molar-refractivity contribution is 5.97. The molecular formula is C30H33N3O2. The van der Waals surface area contributed by atoms with Gasteiger partial charge in [0.2, 0.25) is 5.91 Å². The van der Waals surface area contributed by atoms with Gasteiger partial charge in [-0.2, -0.15) is 0 Å². The van der Waals surface area contributed by atoms with Crippen molar-refractivity contribution in [3.8, 4) is 5.75 Å². The SMILES string of the molecule is CCc1ccc(OCCCn2c(C3CC(=O)N(c4cccc(C)c4C)C3)nc3ccccc32)cc1. The van der Waals surface area contributed by atoms with E-state index in [0.29, 0.717) is 19.6 Å². The standard InChI is InChI=1S/C30H33N3O2/c1-4-23-13-15-25(16-14-23)35-18-8-17-32-28-11-6-5-10-26(28)31-30(32)24-19-29(34)33(20-24)27-12-7-9-21(2)22(27)3/h5-7,9-16,24H,4,8,17-20H2,1-3H3. The van der Waals surface area contributed by atoms with Gasteiger partial charge in [-0.3, -0.25) is 4.79 Å². The summed E-state index contributed by atoms with van der Waals surface area (Å²) < 4.78 is 8.30. The number of amides is 1. The predicted octanol–water partition coefficient (Wildman–Crippen LogP) is 6.21. The number of imidazole rings is 1. The first-order valence-corrected chi connectivity index (χ1v) is 12.6. The van der Waals surface area contributed by atoms with E-state index >= 15 is 0 Å². The molecule has 2 heterocycles. The van der Waals surface area contributed by atoms with Crippen LogP contribution in [0.25, 0.3) is 11.0 Å². The molecule has 1 saturated heterocycles. The van der Waals surface area contributed by atoms with E-state index in [2.05, 4.69) is 67.8 Å². The highest BCUT2D eigenvalue weighted by atomic mass is 16.5. The third-order valence-electron chi connectivity index (χ3n) is 7.17. The van der Waals surface area contributed by atoms with Crippen molar-refractivity contribution in [1.29, 1.82) is 0 Å². The van der Waals surface area contributed by atoms with Crippen LogP contribution in [0, 0.1) is 13.8 Å². The normalized spacial score (nSPS) is 15.8. The van der Waals surface area contributed by atoms with E-state index in [1.807, 2.05) is 29.2 Å². The quantitative estimate of drug-likeness (QED) is 0.290. The van der Waals surface area contributed by atoms with Crippen LogP contribution in [-0.2, 0) is 17.8 Å². The molecule has 1 aliphatic heterocycles. The fraction of sp³-hybridized carbons (Fsp3) is 0.333. The molecule has 180 valence electrons. The van der Waals surface area contributed by atoms with Crippen LogP contribution in [0.5, 0.6) is 5.75 Å². The zero-order valence-corrected chi connectivity index (χ0v) is 20.8. The molecule has 1 unspecified atom stereocenters. The van der Waals surface area contributed by atoms with Gasteiger partial charge in [0.05, 0.1) is 17.6 Å². The second-order valence-electron chi connectivity index (χ2n) is 9.43. The smallest absolute Gasteiger partial charge is 0.227 e. The summed E-state index contributed by atoms with van der Waals surface area (Å²) in [6.45, 7) is 8.44. The number of rotatable bonds is 8. The first-order chi connectivity index (χ1) is 17.0. The molecule has 1 aromatic heterocycles. The van der Waals surface area contributed by atoms with E-state index < -0.39 is 0 Å². The summed E-state index contributed by atoms with van der Waals surface area (Å²) in [5.74, 6) is 2.14. The largest absolute Gasteiger partial charge is 0.494 e. The lowest BCUT2D eigenvalue weighted by molar-refractivity contribution is -0.117. The van der Waals surface area contributed by atoms with Crippen molar-refractivity contribution in [1.82, 2.24) is 9.55 Å². The Morgan fingerprint density at radius 3 is 2.60 bits per heavy atom. The maximum Gasteiger partial charge on any atom is 0.227 e. The first-order valence-electron chi connectivity index (χ1n) is 12.6. The molecule has 1 aliphatic rings. The molecule has 5 nitrogen and oxygen atoms in total. The Hall–Kier alpha value is -3.60. The predicted molar refractivity (Wildman–Crippen MR) is 141 cm³/mol. The molecular weight excluding hydrogens is 434 g/mol. The van der Waals surface area contributed by atoms with Crippen LogP contribution in [0.3, 0.4) is 0 Å². The van der Waals surface area contributed by atoms with Crippen LogP contribution in [0.1, 0.15) is 48.2 Å². The Balaban J connectivity index is 1.34. The van der Waals surface area contributed by atoms with Crippen LogP contribution < -0.4 is 9.64 Å². The minimum atomic E-state index is 0.0670. The molecule has 1 atom stereocenters. The van der Waals surface area contributed by atoms with Crippen LogP contribution in [0.2, 0.25) is 0 Å². The summed E-state index contributed by atoms with van der Waals surface area (Å²) in [5, 5.41) is 0. The maximum atomic E-state index is 13.1. The molecule has 35 heavy (non-hydrogen) atoms. The number of nitrogens with zero attached hydrogens (tertiary/aromatic N) is 3. The number of carbonyl (C=O) groups is 1. The van der Waals surface area contributed by atoms with Gasteiger partial charge in [0, 0.05) is 31.1 Å². The Morgan fingerprint density at radius 2 is 1.80 bits per heavy atom. The van der Waals surface area contributed by atoms with E-state index in [9.17, 15) is 4.79 Å². The monoisotopic (exact) mass is 467 g/mol. The first kappa shape index (κ1) is 23.2. The number of hydrogen-bond acceptors (Lipinski definition) is 3. The summed E-state index contributed by atoms with van der Waals surface area (Å²) in [5.41, 5.74) is 6.80. The van der Waals surface area contributed by atoms with Gasteiger partial charge >= 0.3 is 0 Å². The average molecular weight is 468 g/mol. The number of ether oxygens (including phenoxy) is 1. The molecule has 0 spiro atoms. The van der Waals surface area contributed by atoms with Gasteiger partial charge in [-0.1, -0.05) is 43.3 Å². The third kappa shape index (κ3) is 4.68. The molecule has 1 fully saturated rings. The lowest BCUT2D eigenvalue weighted by atomic mass is 10.1. The van der Waals surface area contributed by atoms with Crippen LogP contribution in [0.4, 0.5) is 5.69 Å². The summed E-state index contributed by atoms with van der Waals surface area (Å²) in [6.07, 6.45) is 2.38. The van der Waals surface area contributed by atoms with Crippen LogP contribution >= 0.6 is 0 Å². The van der Waals surface area contributed by atoms with Crippen molar-refractivity contribution in [3.05, 3.63) is 89.2 Å². The van der Waals surface area contributed by atoms with Gasteiger partial charge in [-0.15, -0.1) is 0 Å². The van der Waals surface area contributed by atoms with E-state index in [-0.39, 0.29) is 11.8 Å². The van der Waals surface area contributed by atoms with Crippen LogP contribution in [-0.4, -0.2) is 28.6 Å². The number of anilines is 1. The van der Waals surface area contributed by atoms with Crippen molar-refractivity contribution >= 4 is 22.6 Å². The highest BCUT2D eigenvalue weighted by Gasteiger charge is 2.35. The number of benzene rings is 3. The minimum Gasteiger partial charge on any atom is -0.494 e. The average Bonchev–Trinajstić information content (AvgIpc) is 3.44. The van der Waals surface area contributed by atoms with Gasteiger partial charge in [0.15, 0.2) is 0 Å². The Bertz CT molecular complexity index is 1340. The molecule has 1 amide bonds. The topological polar surface area (TPSA) is 47.4 Å². The lowest BCUT2D eigenvalue weighted by Crippen LogP contribution is -2.25. The molecule has 0 saturated carbocycles. The van der Waals surface area contributed by atoms with Crippen molar-refractivity contribution in [2.45, 2.75) is 52.5 Å². The fourth-order valence-electron chi connectivity index (χ4n) is 5.02. The minimum absolute atomic E-state index is 0.0670. The van der Waals surface area contributed by atoms with Crippen molar-refractivity contribution in [2.24, 2.45) is 0 Å². The summed E-state index contributed by atoms with van der Waals surface area (Å²) in [6, 6.07) is 22.8. The number of fused-ring (bicyclic) bond motifs is 1. The van der Waals surface area contributed by atoms with Crippen molar-refractivity contribution < 1.29 is 9.53 Å². The van der Waals surface area contributed by atoms with E-state index in [4.69, 9.17) is 9.72 Å². The van der Waals surface area contributed by atoms with Gasteiger partial charge in [0.1, 0.15) is 11.6 Å². The van der Waals surface area contributed by atoms with Gasteiger partial charge in [-0.25, -0.2) is 4.98 Å². The Labute approximate surface area is 207 Å². The Kier molecular flexibility index (Phi) is 6.58. The van der Waals surface area contributed by atoms with E-state index in [1.54, 1.807) is 0 Å². The summed E-state index contributed by atoms with van der Waals surface area (Å²) >= 11 is 0. The summed E-state index contributed by atoms with van der Waals surface area (Å²) in [7, 11) is 0. The zero-order valence-electron chi connectivity index (χ0n) is 20.8. The maximum absolute atomic E-state index is 13.1. The number of aromatic nitrogens is 2. The number of carbonyl (C=O) groups excluding carboxylic acids is 1. The lowest BCUT2D eigenvalue weighted by Gasteiger charge is -2.20. The second kappa shape index (κ2) is 9.95. The highest BCUT2D eigenvalue weighted by Crippen LogP contribution is 2.35. The molecule has 4 aromatic rings. The van der Waals surface area contributed by atoms with E-state index in [0.717, 1.165) is 47.7 Å². The number of para-hydroxylation sites is 2. The fourth-order valence-corrected chi connectivity index (χ4v) is 5.02. The number of aryl methyl sites for hydroxylation is 3. The molecule has 0 bridgehead atoms. The van der Waals surface area contributed by atoms with Crippen molar-refractivity contribution in [3.63, 3.8) is 0 Å². The Morgan fingerprint density at radius 1 is 1.00 bits per heavy atom. The molecule has 5 rings (SSSR count). The van der Waals surface area contributed by atoms with Gasteiger partial charge in [-0.05, 0) is 73.7 Å².